The average molecular weight is 325 g/mol. The van der Waals surface area contributed by atoms with Crippen LogP contribution in [-0.2, 0) is 14.5 Å². The Kier molecular flexibility index (Phi) is 12.9. The van der Waals surface area contributed by atoms with Gasteiger partial charge in [0.05, 0.1) is 12.7 Å². The van der Waals surface area contributed by atoms with Gasteiger partial charge >= 0.3 is 0 Å². The van der Waals surface area contributed by atoms with Gasteiger partial charge in [0.15, 0.2) is 12.0 Å². The first-order chi connectivity index (χ1) is 11.3. The highest BCUT2D eigenvalue weighted by molar-refractivity contribution is 5.27. The monoisotopic (exact) mass is 325 g/mol. The number of ether oxygens (including phenoxy) is 2. The van der Waals surface area contributed by atoms with E-state index >= 15 is 0 Å². The fourth-order valence-electron chi connectivity index (χ4n) is 2.01. The Morgan fingerprint density at radius 3 is 2.35 bits per heavy atom. The molecular weight excluding hydrogens is 298 g/mol. The van der Waals surface area contributed by atoms with Crippen LogP contribution in [0.2, 0.25) is 0 Å². The van der Waals surface area contributed by atoms with Crippen molar-refractivity contribution in [3.8, 4) is 5.75 Å². The zero-order valence-electron chi connectivity index (χ0n) is 13.5. The Bertz CT molecular complexity index is 396. The maximum atomic E-state index is 8.16. The molecule has 130 valence electrons. The molecule has 0 radical (unpaired) electrons. The van der Waals surface area contributed by atoms with Crippen LogP contribution in [0.5, 0.6) is 5.75 Å². The summed E-state index contributed by atoms with van der Waals surface area (Å²) in [5.41, 5.74) is 6.37. The van der Waals surface area contributed by atoms with Crippen LogP contribution in [-0.4, -0.2) is 24.5 Å². The Morgan fingerprint density at radius 2 is 1.78 bits per heavy atom. The van der Waals surface area contributed by atoms with Crippen molar-refractivity contribution in [1.82, 2.24) is 0 Å². The molecule has 0 spiro atoms. The predicted molar refractivity (Wildman–Crippen MR) is 89.8 cm³/mol. The average Bonchev–Trinajstić information content (AvgIpc) is 3.09. The summed E-state index contributed by atoms with van der Waals surface area (Å²) in [5, 5.41) is 11.7. The number of hydrogen-bond acceptors (Lipinski definition) is 6. The van der Waals surface area contributed by atoms with E-state index in [9.17, 15) is 0 Å². The van der Waals surface area contributed by atoms with Crippen molar-refractivity contribution in [3.63, 3.8) is 0 Å². The van der Waals surface area contributed by atoms with Gasteiger partial charge in [-0.05, 0) is 43.0 Å². The lowest BCUT2D eigenvalue weighted by Crippen LogP contribution is -2.10. The van der Waals surface area contributed by atoms with E-state index in [1.54, 1.807) is 24.3 Å². The fourth-order valence-corrected chi connectivity index (χ4v) is 2.01. The highest BCUT2D eigenvalue weighted by Gasteiger charge is 2.26. The van der Waals surface area contributed by atoms with Gasteiger partial charge in [0.1, 0.15) is 0 Å². The molecule has 0 aromatic heterocycles. The van der Waals surface area contributed by atoms with Gasteiger partial charge in [-0.1, -0.05) is 12.1 Å². The molecule has 1 aromatic rings. The molecule has 2 unspecified atom stereocenters. The van der Waals surface area contributed by atoms with Crippen LogP contribution < -0.4 is 10.6 Å². The first-order valence-corrected chi connectivity index (χ1v) is 7.38. The highest BCUT2D eigenvalue weighted by atomic mass is 17.5. The van der Waals surface area contributed by atoms with Gasteiger partial charge in [0.25, 0.3) is 0 Å². The topological polar surface area (TPSA) is 83.2 Å². The molecular formula is C17H27NO5. The van der Waals surface area contributed by atoms with Gasteiger partial charge < -0.3 is 20.1 Å². The summed E-state index contributed by atoms with van der Waals surface area (Å²) in [6.07, 6.45) is 2.82. The third kappa shape index (κ3) is 7.92. The maximum Gasteiger partial charge on any atom is 0.184 e. The van der Waals surface area contributed by atoms with E-state index in [0.29, 0.717) is 18.9 Å². The molecule has 3 N–H and O–H groups in total. The lowest BCUT2D eigenvalue weighted by Gasteiger charge is -2.11. The normalized spacial score (nSPS) is 19.0. The van der Waals surface area contributed by atoms with E-state index < -0.39 is 0 Å². The van der Waals surface area contributed by atoms with Crippen molar-refractivity contribution in [2.75, 3.05) is 13.2 Å². The van der Waals surface area contributed by atoms with Gasteiger partial charge in [-0.15, -0.1) is 26.3 Å². The molecule has 1 aliphatic rings. The Labute approximate surface area is 138 Å². The molecule has 0 amide bonds. The van der Waals surface area contributed by atoms with E-state index in [0.717, 1.165) is 24.8 Å². The molecule has 2 rings (SSSR count). The standard InChI is InChI=1S/C13H19NO5.2C2H4/c14-8-2-1-3-12-9-16-13(17-12)10-4-6-11(7-5-10)18-19-15;2*1-2/h4-7,12-13,15H,1-3,8-9,14H2;2*1-2H2. The molecule has 6 heteroatoms. The molecule has 0 bridgehead atoms. The summed E-state index contributed by atoms with van der Waals surface area (Å²) in [5.74, 6) is 0.406. The van der Waals surface area contributed by atoms with Crippen LogP contribution in [0.25, 0.3) is 0 Å². The van der Waals surface area contributed by atoms with Crippen molar-refractivity contribution in [3.05, 3.63) is 56.1 Å². The molecule has 1 aliphatic heterocycles. The second kappa shape index (κ2) is 13.9. The van der Waals surface area contributed by atoms with E-state index in [-0.39, 0.29) is 12.4 Å². The number of unbranched alkanes of at least 4 members (excludes halogenated alkanes) is 1. The summed E-state index contributed by atoms with van der Waals surface area (Å²) in [7, 11) is 0. The van der Waals surface area contributed by atoms with E-state index in [1.165, 1.54) is 0 Å². The number of benzene rings is 1. The van der Waals surface area contributed by atoms with Crippen molar-refractivity contribution < 1.29 is 24.7 Å². The van der Waals surface area contributed by atoms with Crippen LogP contribution in [0, 0.1) is 0 Å². The molecule has 6 nitrogen and oxygen atoms in total. The lowest BCUT2D eigenvalue weighted by molar-refractivity contribution is -0.438. The van der Waals surface area contributed by atoms with Gasteiger partial charge in [0.2, 0.25) is 0 Å². The minimum atomic E-state index is -0.341. The Balaban J connectivity index is 0.00000112. The number of nitrogens with two attached hydrogens (primary N) is 1. The fraction of sp³-hybridized carbons (Fsp3) is 0.412. The molecule has 0 aliphatic carbocycles. The smallest absolute Gasteiger partial charge is 0.184 e. The quantitative estimate of drug-likeness (QED) is 0.345. The Hall–Kier alpha value is -1.70. The molecule has 0 saturated carbocycles. The van der Waals surface area contributed by atoms with Crippen LogP contribution in [0.1, 0.15) is 31.1 Å². The second-order valence-corrected chi connectivity index (χ2v) is 4.43. The second-order valence-electron chi connectivity index (χ2n) is 4.43. The van der Waals surface area contributed by atoms with E-state index in [1.807, 2.05) is 0 Å². The van der Waals surface area contributed by atoms with Gasteiger partial charge in [0, 0.05) is 5.56 Å². The number of hydrogen-bond donors (Lipinski definition) is 2. The first kappa shape index (κ1) is 21.3. The minimum Gasteiger partial charge on any atom is -0.346 e. The predicted octanol–water partition coefficient (Wildman–Crippen LogP) is 3.62. The summed E-state index contributed by atoms with van der Waals surface area (Å²) in [6, 6.07) is 6.95. The van der Waals surface area contributed by atoms with Crippen LogP contribution in [0.4, 0.5) is 0 Å². The maximum absolute atomic E-state index is 8.16. The Morgan fingerprint density at radius 1 is 1.13 bits per heavy atom. The van der Waals surface area contributed by atoms with Gasteiger partial charge in [-0.25, -0.2) is 5.26 Å². The third-order valence-corrected chi connectivity index (χ3v) is 3.02. The zero-order valence-corrected chi connectivity index (χ0v) is 13.5. The molecule has 23 heavy (non-hydrogen) atoms. The largest absolute Gasteiger partial charge is 0.346 e. The molecule has 1 fully saturated rings. The molecule has 1 heterocycles. The van der Waals surface area contributed by atoms with Crippen LogP contribution in [0.3, 0.4) is 0 Å². The van der Waals surface area contributed by atoms with Crippen molar-refractivity contribution in [1.29, 1.82) is 0 Å². The number of rotatable bonds is 7. The summed E-state index contributed by atoms with van der Waals surface area (Å²) in [4.78, 5) is 4.47. The lowest BCUT2D eigenvalue weighted by atomic mass is 10.1. The van der Waals surface area contributed by atoms with Gasteiger partial charge in [-0.2, -0.15) is 0 Å². The van der Waals surface area contributed by atoms with Gasteiger partial charge in [-0.3, -0.25) is 0 Å². The molecule has 2 atom stereocenters. The van der Waals surface area contributed by atoms with E-state index in [4.69, 9.17) is 20.5 Å². The van der Waals surface area contributed by atoms with E-state index in [2.05, 4.69) is 36.2 Å². The van der Waals surface area contributed by atoms with Crippen molar-refractivity contribution in [2.45, 2.75) is 31.7 Å². The summed E-state index contributed by atoms with van der Waals surface area (Å²) >= 11 is 0. The summed E-state index contributed by atoms with van der Waals surface area (Å²) in [6.45, 7) is 13.3. The zero-order chi connectivity index (χ0) is 17.5. The molecule has 1 saturated heterocycles. The first-order valence-electron chi connectivity index (χ1n) is 7.38. The SMILES string of the molecule is C=C.C=C.NCCCCC1COC(c2ccc(OOO)cc2)O1. The minimum absolute atomic E-state index is 0.133. The third-order valence-electron chi connectivity index (χ3n) is 3.02. The van der Waals surface area contributed by atoms with Crippen LogP contribution >= 0.6 is 0 Å². The van der Waals surface area contributed by atoms with Crippen molar-refractivity contribution >= 4 is 0 Å². The summed E-state index contributed by atoms with van der Waals surface area (Å²) < 4.78 is 11.4. The van der Waals surface area contributed by atoms with Crippen LogP contribution in [0.15, 0.2) is 50.6 Å². The highest BCUT2D eigenvalue weighted by Crippen LogP contribution is 2.29. The van der Waals surface area contributed by atoms with Crippen molar-refractivity contribution in [2.24, 2.45) is 5.73 Å². The molecule has 1 aromatic carbocycles.